The summed E-state index contributed by atoms with van der Waals surface area (Å²) in [5.41, 5.74) is 0. The van der Waals surface area contributed by atoms with Crippen LogP contribution in [0.5, 0.6) is 0 Å². The Morgan fingerprint density at radius 3 is 0.865 bits per heavy atom. The molecule has 0 atom stereocenters. The van der Waals surface area contributed by atoms with Crippen LogP contribution in [0.3, 0.4) is 0 Å². The van der Waals surface area contributed by atoms with Gasteiger partial charge in [-0.15, -0.1) is 112 Å². The molecule has 4 rings (SSSR count). The van der Waals surface area contributed by atoms with E-state index in [4.69, 9.17) is 0 Å². The van der Waals surface area contributed by atoms with Crippen LogP contribution in [0.25, 0.3) is 42.8 Å². The summed E-state index contributed by atoms with van der Waals surface area (Å²) >= 11 is 0. The van der Waals surface area contributed by atoms with Crippen molar-refractivity contribution >= 4 is 21.5 Å². The van der Waals surface area contributed by atoms with Crippen molar-refractivity contribution in [2.24, 2.45) is 0 Å². The monoisotopic (exact) mass is 783 g/mol. The van der Waals surface area contributed by atoms with Crippen LogP contribution < -0.4 is 0 Å². The molecule has 288 valence electrons. The summed E-state index contributed by atoms with van der Waals surface area (Å²) in [6.45, 7) is 25.9. The van der Waals surface area contributed by atoms with Gasteiger partial charge < -0.3 is 21.3 Å². The molecule has 0 aliphatic rings. The summed E-state index contributed by atoms with van der Waals surface area (Å²) in [6.07, 6.45) is 14.9. The molecule has 0 radical (unpaired) electrons. The number of fused-ring (bicyclic) bond motifs is 2. The number of hydrogen-bond donors (Lipinski definition) is 0. The van der Waals surface area contributed by atoms with Crippen molar-refractivity contribution in [3.8, 4) is 0 Å². The van der Waals surface area contributed by atoms with Crippen LogP contribution in [-0.4, -0.2) is 52.4 Å². The van der Waals surface area contributed by atoms with Crippen molar-refractivity contribution in [2.75, 3.05) is 52.4 Å². The molecule has 6 heteroatoms. The van der Waals surface area contributed by atoms with E-state index < -0.39 is 0 Å². The fourth-order valence-corrected chi connectivity index (χ4v) is 4.30. The zero-order chi connectivity index (χ0) is 37.2. The van der Waals surface area contributed by atoms with Crippen molar-refractivity contribution in [1.82, 2.24) is 0 Å². The second-order valence-electron chi connectivity index (χ2n) is 12.4. The minimum atomic E-state index is 0. The molecule has 0 aromatic heterocycles. The maximum Gasteiger partial charge on any atom is 4.00 e. The van der Waals surface area contributed by atoms with E-state index in [2.05, 4.69) is 162 Å². The predicted molar refractivity (Wildman–Crippen MR) is 232 cm³/mol. The molecule has 0 heterocycles. The van der Waals surface area contributed by atoms with Crippen LogP contribution in [0.2, 0.25) is 0 Å². The van der Waals surface area contributed by atoms with Gasteiger partial charge in [-0.05, 0) is 0 Å². The van der Waals surface area contributed by atoms with Gasteiger partial charge in [0, 0.05) is 0 Å². The molecule has 52 heavy (non-hydrogen) atoms. The first-order valence-corrected chi connectivity index (χ1v) is 20.3. The summed E-state index contributed by atoms with van der Waals surface area (Å²) in [4.78, 5) is 0. The van der Waals surface area contributed by atoms with Crippen molar-refractivity contribution in [3.63, 3.8) is 0 Å². The van der Waals surface area contributed by atoms with Crippen molar-refractivity contribution in [2.45, 2.75) is 132 Å². The Bertz CT molecular complexity index is 973. The third kappa shape index (κ3) is 40.1. The van der Waals surface area contributed by atoms with Crippen LogP contribution >= 0.6 is 0 Å². The van der Waals surface area contributed by atoms with Gasteiger partial charge in [0.1, 0.15) is 0 Å². The van der Waals surface area contributed by atoms with Crippen LogP contribution in [-0.2, 0) is 43.4 Å². The third-order valence-corrected chi connectivity index (χ3v) is 7.30. The number of rotatable bonds is 20. The second kappa shape index (κ2) is 49.9. The molecule has 0 aliphatic carbocycles. The van der Waals surface area contributed by atoms with Gasteiger partial charge in [0.05, 0.1) is 0 Å². The van der Waals surface area contributed by atoms with Gasteiger partial charge in [0.15, 0.2) is 0 Å². The van der Waals surface area contributed by atoms with E-state index in [0.29, 0.717) is 0 Å². The molecule has 0 fully saturated rings. The maximum atomic E-state index is 4.35. The third-order valence-electron chi connectivity index (χ3n) is 7.30. The number of unbranched alkanes of at least 4 members (excludes halogenated alkanes) is 4. The van der Waals surface area contributed by atoms with Crippen molar-refractivity contribution in [3.05, 3.63) is 106 Å². The topological polar surface area (TPSA) is 56.4 Å². The predicted octanol–water partition coefficient (Wildman–Crippen LogP) is 15.4. The van der Waals surface area contributed by atoms with Gasteiger partial charge in [-0.3, -0.25) is 0 Å². The van der Waals surface area contributed by atoms with E-state index in [1.807, 2.05) is 0 Å². The first kappa shape index (κ1) is 57.6. The molecular formula is C46H78N4Ti2+2. The van der Waals surface area contributed by atoms with Crippen LogP contribution in [0.15, 0.2) is 84.9 Å². The fourth-order valence-electron chi connectivity index (χ4n) is 4.30. The fraction of sp³-hybridized carbons (Fsp3) is 0.609. The summed E-state index contributed by atoms with van der Waals surface area (Å²) in [5, 5.41) is 22.4. The zero-order valence-corrected chi connectivity index (χ0v) is 38.1. The first-order valence-electron chi connectivity index (χ1n) is 20.3. The van der Waals surface area contributed by atoms with Gasteiger partial charge in [0.25, 0.3) is 0 Å². The van der Waals surface area contributed by atoms with Crippen LogP contribution in [0.1, 0.15) is 132 Å². The zero-order valence-electron chi connectivity index (χ0n) is 35.0. The molecule has 0 saturated heterocycles. The Morgan fingerprint density at radius 1 is 0.346 bits per heavy atom. The molecule has 0 saturated carbocycles. The van der Waals surface area contributed by atoms with E-state index in [0.717, 1.165) is 52.4 Å². The first-order chi connectivity index (χ1) is 24.6. The minimum Gasteiger partial charge on any atom is -0.662 e. The summed E-state index contributed by atoms with van der Waals surface area (Å²) in [6, 6.07) is 29.3. The second-order valence-corrected chi connectivity index (χ2v) is 12.4. The SMILES string of the molecule is CCCC[N-]CCCC.CCCC[N-]CCCC.CCC[N-]CCC.CCC[N-]CCC.[Ti+4].[Ti+4].c1ccc2[cH-]ccc2c1.c1ccc2[cH-]ccc2c1. The van der Waals surface area contributed by atoms with E-state index in [1.165, 1.54) is 98.6 Å². The smallest absolute Gasteiger partial charge is 0.662 e. The Morgan fingerprint density at radius 2 is 0.615 bits per heavy atom. The molecule has 4 nitrogen and oxygen atoms in total. The summed E-state index contributed by atoms with van der Waals surface area (Å²) < 4.78 is 0. The summed E-state index contributed by atoms with van der Waals surface area (Å²) in [7, 11) is 0. The Labute approximate surface area is 353 Å². The molecule has 4 aromatic rings. The van der Waals surface area contributed by atoms with Gasteiger partial charge in [-0.1, -0.05) is 145 Å². The largest absolute Gasteiger partial charge is 4.00 e. The van der Waals surface area contributed by atoms with E-state index >= 15 is 0 Å². The average Bonchev–Trinajstić information content (AvgIpc) is 3.84. The summed E-state index contributed by atoms with van der Waals surface area (Å²) in [5.74, 6) is 0. The van der Waals surface area contributed by atoms with E-state index in [1.54, 1.807) is 0 Å². The van der Waals surface area contributed by atoms with Gasteiger partial charge in [0.2, 0.25) is 0 Å². The molecule has 0 unspecified atom stereocenters. The van der Waals surface area contributed by atoms with Gasteiger partial charge in [-0.25, -0.2) is 0 Å². The molecule has 0 bridgehead atoms. The molecule has 0 N–H and O–H groups in total. The Balaban J connectivity index is -0.000000265. The average molecular weight is 783 g/mol. The molecule has 0 amide bonds. The van der Waals surface area contributed by atoms with Crippen LogP contribution in [0, 0.1) is 0 Å². The minimum absolute atomic E-state index is 0. The quantitative estimate of drug-likeness (QED) is 0.0487. The normalized spacial score (nSPS) is 9.54. The number of benzene rings is 2. The Hall–Kier alpha value is -1.07. The molecule has 4 aromatic carbocycles. The molecule has 0 aliphatic heterocycles. The van der Waals surface area contributed by atoms with E-state index in [-0.39, 0.29) is 43.4 Å². The number of nitrogens with zero attached hydrogens (tertiary/aromatic N) is 4. The van der Waals surface area contributed by atoms with Gasteiger partial charge >= 0.3 is 43.4 Å². The Kier molecular flexibility index (Phi) is 55.4. The van der Waals surface area contributed by atoms with Gasteiger partial charge in [-0.2, -0.15) is 35.0 Å². The number of hydrogen-bond acceptors (Lipinski definition) is 0. The maximum absolute atomic E-state index is 4.35. The standard InChI is InChI=1S/2C9H7.2C8H18N.2C6H14N.2Ti/c2*1-2-5-9-7-3-6-8(9)4-1;2*1-3-5-7-9-8-6-4-2;2*1-3-5-7-6-4-2;;/h2*1-7H;2*3-8H2,1-2H3;2*3-6H2,1-2H3;;/q6*-1;2*+4. The van der Waals surface area contributed by atoms with Crippen LogP contribution in [0.4, 0.5) is 0 Å². The molecular weight excluding hydrogens is 704 g/mol. The van der Waals surface area contributed by atoms with Crippen molar-refractivity contribution in [1.29, 1.82) is 0 Å². The van der Waals surface area contributed by atoms with Crippen molar-refractivity contribution < 1.29 is 43.4 Å². The molecule has 0 spiro atoms. The van der Waals surface area contributed by atoms with E-state index in [9.17, 15) is 0 Å².